The second-order valence-electron chi connectivity index (χ2n) is 1.75. The summed E-state index contributed by atoms with van der Waals surface area (Å²) in [5.74, 6) is 0. The summed E-state index contributed by atoms with van der Waals surface area (Å²) >= 11 is 3.75. The third-order valence-electron chi connectivity index (χ3n) is 0.447. The van der Waals surface area contributed by atoms with Crippen LogP contribution in [-0.4, -0.2) is 12.5 Å². The topological polar surface area (TPSA) is 34.1 Å². The number of rotatable bonds is 1. The minimum atomic E-state index is -2.38. The molecule has 4 heteroatoms. The average Bonchev–Trinajstić information content (AvgIpc) is 1.31. The highest BCUT2D eigenvalue weighted by molar-refractivity contribution is 7.96. The van der Waals surface area contributed by atoms with E-state index in [9.17, 15) is 8.42 Å². The molecule has 0 heterocycles. The molecule has 0 amide bonds. The quantitative estimate of drug-likeness (QED) is 0.512. The van der Waals surface area contributed by atoms with Gasteiger partial charge in [-0.2, -0.15) is 12.6 Å². The molecule has 0 N–H and O–H groups in total. The lowest BCUT2D eigenvalue weighted by molar-refractivity contribution is 0.603. The largest absolute Gasteiger partial charge is 0.230 e. The maximum Gasteiger partial charge on any atom is 0.154 e. The number of hydrogen-bond acceptors (Lipinski definition) is 3. The predicted molar refractivity (Wildman–Crippen MR) is 33.4 cm³/mol. The molecule has 0 atom stereocenters. The van der Waals surface area contributed by atoms with Gasteiger partial charge in [0, 0.05) is 0 Å². The van der Waals surface area contributed by atoms with Crippen LogP contribution in [0.2, 0.25) is 0 Å². The average molecular weight is 140 g/mol. The van der Waals surface area contributed by atoms with E-state index in [1.807, 2.05) is 0 Å². The molecule has 0 radical (unpaired) electrons. The summed E-state index contributed by atoms with van der Waals surface area (Å²) in [4.78, 5) is 0. The lowest BCUT2D eigenvalue weighted by Gasteiger charge is -2.04. The van der Waals surface area contributed by atoms with Crippen LogP contribution in [0.4, 0.5) is 0 Å². The summed E-state index contributed by atoms with van der Waals surface area (Å²) in [6.45, 7) is 3.06. The normalized spacial score (nSPS) is 12.6. The molecule has 0 aliphatic heterocycles. The molecule has 0 bridgehead atoms. The Morgan fingerprint density at radius 3 is 1.57 bits per heavy atom. The van der Waals surface area contributed by atoms with E-state index >= 15 is 0 Å². The molecule has 0 rings (SSSR count). The second-order valence-corrected chi connectivity index (χ2v) is 4.85. The molecular formula is C3H8O2S2. The Morgan fingerprint density at radius 1 is 1.43 bits per heavy atom. The van der Waals surface area contributed by atoms with Crippen molar-refractivity contribution < 1.29 is 8.42 Å². The van der Waals surface area contributed by atoms with Crippen LogP contribution in [0, 0.1) is 0 Å². The Labute approximate surface area is 50.3 Å². The van der Waals surface area contributed by atoms with Gasteiger partial charge in [-0.25, -0.2) is 8.42 Å². The minimum absolute atomic E-state index is 0.852. The summed E-state index contributed by atoms with van der Waals surface area (Å²) in [5, 5.41) is 0. The summed E-state index contributed by atoms with van der Waals surface area (Å²) in [5.41, 5.74) is 0. The van der Waals surface area contributed by atoms with Gasteiger partial charge in [0.2, 0.25) is 0 Å². The summed E-state index contributed by atoms with van der Waals surface area (Å²) in [6, 6.07) is 0. The zero-order valence-corrected chi connectivity index (χ0v) is 6.00. The standard InChI is InChI=1S/C3H8O2S2/c1-3(2,6)7(4)5/h6-7H,1-2H3. The molecule has 7 heavy (non-hydrogen) atoms. The van der Waals surface area contributed by atoms with Gasteiger partial charge >= 0.3 is 0 Å². The lowest BCUT2D eigenvalue weighted by Crippen LogP contribution is -2.11. The first-order valence-electron chi connectivity index (χ1n) is 1.81. The van der Waals surface area contributed by atoms with Gasteiger partial charge in [-0.1, -0.05) is 0 Å². The van der Waals surface area contributed by atoms with E-state index < -0.39 is 14.8 Å². The van der Waals surface area contributed by atoms with E-state index in [-0.39, 0.29) is 0 Å². The van der Waals surface area contributed by atoms with E-state index in [1.165, 1.54) is 13.8 Å². The van der Waals surface area contributed by atoms with Crippen LogP contribution in [0.1, 0.15) is 13.8 Å². The molecule has 0 aliphatic carbocycles. The molecule has 0 spiro atoms. The first-order chi connectivity index (χ1) is 2.94. The third kappa shape index (κ3) is 2.93. The molecule has 2 nitrogen and oxygen atoms in total. The Hall–Kier alpha value is 0.300. The van der Waals surface area contributed by atoms with Crippen LogP contribution in [0.25, 0.3) is 0 Å². The fraction of sp³-hybridized carbons (Fsp3) is 1.00. The highest BCUT2D eigenvalue weighted by atomic mass is 32.2. The van der Waals surface area contributed by atoms with Gasteiger partial charge in [-0.3, -0.25) is 0 Å². The fourth-order valence-corrected chi connectivity index (χ4v) is 0. The second kappa shape index (κ2) is 2.05. The smallest absolute Gasteiger partial charge is 0.154 e. The minimum Gasteiger partial charge on any atom is -0.230 e. The van der Waals surface area contributed by atoms with Crippen LogP contribution in [0.5, 0.6) is 0 Å². The van der Waals surface area contributed by atoms with E-state index in [4.69, 9.17) is 0 Å². The van der Waals surface area contributed by atoms with Gasteiger partial charge in [0.1, 0.15) is 4.08 Å². The highest BCUT2D eigenvalue weighted by Gasteiger charge is 2.12. The molecular weight excluding hydrogens is 132 g/mol. The van der Waals surface area contributed by atoms with Gasteiger partial charge in [-0.05, 0) is 13.8 Å². The van der Waals surface area contributed by atoms with E-state index in [2.05, 4.69) is 12.6 Å². The Bertz CT molecular complexity index is 111. The van der Waals surface area contributed by atoms with Crippen molar-refractivity contribution in [2.24, 2.45) is 0 Å². The van der Waals surface area contributed by atoms with Crippen molar-refractivity contribution in [1.29, 1.82) is 0 Å². The van der Waals surface area contributed by atoms with Gasteiger partial charge in [0.25, 0.3) is 0 Å². The van der Waals surface area contributed by atoms with Gasteiger partial charge in [-0.15, -0.1) is 0 Å². The third-order valence-corrected chi connectivity index (χ3v) is 1.83. The van der Waals surface area contributed by atoms with Crippen LogP contribution < -0.4 is 0 Å². The van der Waals surface area contributed by atoms with Crippen LogP contribution >= 0.6 is 12.6 Å². The van der Waals surface area contributed by atoms with E-state index in [1.54, 1.807) is 0 Å². The molecule has 0 aromatic heterocycles. The Balaban J connectivity index is 4.08. The molecule has 0 aliphatic rings. The van der Waals surface area contributed by atoms with Crippen molar-refractivity contribution in [3.05, 3.63) is 0 Å². The SMILES string of the molecule is CC(C)(S)[SH](=O)=O. The maximum atomic E-state index is 9.98. The van der Waals surface area contributed by atoms with Crippen LogP contribution in [0.3, 0.4) is 0 Å². The molecule has 0 unspecified atom stereocenters. The highest BCUT2D eigenvalue weighted by Crippen LogP contribution is 2.10. The summed E-state index contributed by atoms with van der Waals surface area (Å²) in [7, 11) is -2.38. The zero-order valence-electron chi connectivity index (χ0n) is 4.21. The van der Waals surface area contributed by atoms with Crippen molar-refractivity contribution in [1.82, 2.24) is 0 Å². The van der Waals surface area contributed by atoms with Crippen molar-refractivity contribution in [3.8, 4) is 0 Å². The van der Waals surface area contributed by atoms with Crippen molar-refractivity contribution >= 4 is 23.3 Å². The molecule has 0 aromatic rings. The molecule has 0 fully saturated rings. The predicted octanol–water partition coefficient (Wildman–Crippen LogP) is 0.264. The first-order valence-corrected chi connectivity index (χ1v) is 3.44. The molecule has 0 aromatic carbocycles. The lowest BCUT2D eigenvalue weighted by atomic mass is 10.5. The van der Waals surface area contributed by atoms with Gasteiger partial charge in [0.15, 0.2) is 10.7 Å². The number of hydrogen-bond donors (Lipinski definition) is 2. The first kappa shape index (κ1) is 7.30. The zero-order chi connectivity index (χ0) is 6.08. The summed E-state index contributed by atoms with van der Waals surface area (Å²) < 4.78 is 19.1. The van der Waals surface area contributed by atoms with Crippen LogP contribution in [0.15, 0.2) is 0 Å². The van der Waals surface area contributed by atoms with Crippen molar-refractivity contribution in [2.75, 3.05) is 0 Å². The van der Waals surface area contributed by atoms with E-state index in [0.29, 0.717) is 0 Å². The molecule has 0 saturated carbocycles. The van der Waals surface area contributed by atoms with Gasteiger partial charge < -0.3 is 0 Å². The Morgan fingerprint density at radius 2 is 1.57 bits per heavy atom. The van der Waals surface area contributed by atoms with E-state index in [0.717, 1.165) is 0 Å². The Kier molecular flexibility index (Phi) is 2.13. The fourth-order valence-electron chi connectivity index (χ4n) is 0. The van der Waals surface area contributed by atoms with Gasteiger partial charge in [0.05, 0.1) is 0 Å². The monoisotopic (exact) mass is 140 g/mol. The molecule has 0 saturated heterocycles. The van der Waals surface area contributed by atoms with Crippen LogP contribution in [-0.2, 0) is 10.7 Å². The maximum absolute atomic E-state index is 9.98. The molecule has 44 valence electrons. The summed E-state index contributed by atoms with van der Waals surface area (Å²) in [6.07, 6.45) is 0. The van der Waals surface area contributed by atoms with Crippen molar-refractivity contribution in [2.45, 2.75) is 17.9 Å². The number of thiol groups is 2. The van der Waals surface area contributed by atoms with Crippen molar-refractivity contribution in [3.63, 3.8) is 0 Å².